The van der Waals surface area contributed by atoms with Crippen molar-refractivity contribution in [2.24, 2.45) is 11.8 Å². The van der Waals surface area contributed by atoms with Crippen LogP contribution in [0.3, 0.4) is 0 Å². The van der Waals surface area contributed by atoms with E-state index in [0.717, 1.165) is 52.3 Å². The predicted molar refractivity (Wildman–Crippen MR) is 129 cm³/mol. The van der Waals surface area contributed by atoms with E-state index in [1.807, 2.05) is 42.6 Å². The fourth-order valence-corrected chi connectivity index (χ4v) is 5.61. The number of nitrogens with zero attached hydrogens (tertiary/aromatic N) is 2. The lowest BCUT2D eigenvalue weighted by Gasteiger charge is -2.51. The molecular formula is C27H29ClN2O2. The van der Waals surface area contributed by atoms with Gasteiger partial charge in [0.25, 0.3) is 0 Å². The second-order valence-electron chi connectivity index (χ2n) is 8.85. The van der Waals surface area contributed by atoms with Gasteiger partial charge >= 0.3 is 0 Å². The Morgan fingerprint density at radius 2 is 2.12 bits per heavy atom. The van der Waals surface area contributed by atoms with Crippen LogP contribution in [0.5, 0.6) is 5.75 Å². The molecule has 3 aliphatic heterocycles. The van der Waals surface area contributed by atoms with E-state index in [1.165, 1.54) is 6.42 Å². The highest BCUT2D eigenvalue weighted by atomic mass is 35.5. The first-order valence-electron chi connectivity index (χ1n) is 11.3. The second-order valence-corrected chi connectivity index (χ2v) is 9.26. The maximum Gasteiger partial charge on any atom is 0.119 e. The summed E-state index contributed by atoms with van der Waals surface area (Å²) in [5.74, 6) is 2.06. The fraction of sp³-hybridized carbons (Fsp3) is 0.370. The van der Waals surface area contributed by atoms with E-state index < -0.39 is 0 Å². The molecule has 6 rings (SSSR count). The van der Waals surface area contributed by atoms with E-state index in [0.29, 0.717) is 24.5 Å². The number of aromatic nitrogens is 1. The highest BCUT2D eigenvalue weighted by molar-refractivity contribution is 6.31. The van der Waals surface area contributed by atoms with Crippen molar-refractivity contribution in [3.8, 4) is 5.75 Å². The Labute approximate surface area is 194 Å². The SMILES string of the molecule is C=C[C@H]1CN2CCC1C[C@H]2[C@H](OCc1ccccc1Cl)c1ccnc2ccc(OC)cc12. The molecule has 4 nitrogen and oxygen atoms in total. The predicted octanol–water partition coefficient (Wildman–Crippen LogP) is 6.05. The molecule has 5 atom stereocenters. The summed E-state index contributed by atoms with van der Waals surface area (Å²) in [6.45, 7) is 6.71. The number of methoxy groups -OCH3 is 1. The lowest BCUT2D eigenvalue weighted by atomic mass is 9.73. The van der Waals surface area contributed by atoms with Crippen LogP contribution in [0.1, 0.15) is 30.1 Å². The van der Waals surface area contributed by atoms with Crippen molar-refractivity contribution < 1.29 is 9.47 Å². The minimum atomic E-state index is -0.0857. The van der Waals surface area contributed by atoms with E-state index in [9.17, 15) is 0 Å². The van der Waals surface area contributed by atoms with Crippen molar-refractivity contribution in [2.45, 2.75) is 31.6 Å². The zero-order valence-electron chi connectivity index (χ0n) is 18.4. The summed E-state index contributed by atoms with van der Waals surface area (Å²) >= 11 is 6.45. The molecule has 32 heavy (non-hydrogen) atoms. The molecule has 3 aliphatic rings. The Morgan fingerprint density at radius 1 is 1.25 bits per heavy atom. The van der Waals surface area contributed by atoms with E-state index in [2.05, 4.69) is 34.7 Å². The van der Waals surface area contributed by atoms with Gasteiger partial charge in [0.1, 0.15) is 5.75 Å². The Morgan fingerprint density at radius 3 is 2.88 bits per heavy atom. The van der Waals surface area contributed by atoms with Crippen LogP contribution in [0.4, 0.5) is 0 Å². The molecule has 0 saturated carbocycles. The monoisotopic (exact) mass is 448 g/mol. The van der Waals surface area contributed by atoms with Crippen LogP contribution in [-0.4, -0.2) is 36.1 Å². The van der Waals surface area contributed by atoms with Crippen molar-refractivity contribution in [3.63, 3.8) is 0 Å². The molecule has 166 valence electrons. The number of halogens is 1. The van der Waals surface area contributed by atoms with Gasteiger partial charge in [-0.2, -0.15) is 0 Å². The highest BCUT2D eigenvalue weighted by Gasteiger charge is 2.43. The van der Waals surface area contributed by atoms with Crippen molar-refractivity contribution in [1.29, 1.82) is 0 Å². The molecular weight excluding hydrogens is 420 g/mol. The van der Waals surface area contributed by atoms with Gasteiger partial charge < -0.3 is 9.47 Å². The summed E-state index contributed by atoms with van der Waals surface area (Å²) in [4.78, 5) is 7.18. The van der Waals surface area contributed by atoms with Crippen LogP contribution >= 0.6 is 11.6 Å². The average Bonchev–Trinajstić information content (AvgIpc) is 2.85. The largest absolute Gasteiger partial charge is 0.497 e. The number of pyridine rings is 1. The summed E-state index contributed by atoms with van der Waals surface area (Å²) in [5, 5.41) is 1.82. The summed E-state index contributed by atoms with van der Waals surface area (Å²) < 4.78 is 12.2. The molecule has 0 radical (unpaired) electrons. The third-order valence-corrected chi connectivity index (χ3v) is 7.54. The number of hydrogen-bond donors (Lipinski definition) is 0. The van der Waals surface area contributed by atoms with Crippen LogP contribution in [0, 0.1) is 11.8 Å². The van der Waals surface area contributed by atoms with Gasteiger partial charge in [0.2, 0.25) is 0 Å². The smallest absolute Gasteiger partial charge is 0.119 e. The van der Waals surface area contributed by atoms with Crippen LogP contribution in [0.2, 0.25) is 5.02 Å². The van der Waals surface area contributed by atoms with Gasteiger partial charge in [-0.25, -0.2) is 0 Å². The molecule has 1 aromatic heterocycles. The molecule has 0 aliphatic carbocycles. The molecule has 0 N–H and O–H groups in total. The molecule has 3 saturated heterocycles. The number of piperidine rings is 3. The van der Waals surface area contributed by atoms with E-state index in [-0.39, 0.29) is 6.10 Å². The Kier molecular flexibility index (Phi) is 6.18. The molecule has 2 bridgehead atoms. The summed E-state index contributed by atoms with van der Waals surface area (Å²) in [5.41, 5.74) is 3.12. The molecule has 3 aromatic rings. The maximum absolute atomic E-state index is 6.72. The molecule has 2 aromatic carbocycles. The number of ether oxygens (including phenoxy) is 2. The fourth-order valence-electron chi connectivity index (χ4n) is 5.42. The third kappa shape index (κ3) is 4.03. The number of benzene rings is 2. The molecule has 2 unspecified atom stereocenters. The first kappa shape index (κ1) is 21.4. The molecule has 0 amide bonds. The van der Waals surface area contributed by atoms with Crippen molar-refractivity contribution in [1.82, 2.24) is 9.88 Å². The Bertz CT molecular complexity index is 1120. The zero-order chi connectivity index (χ0) is 22.1. The number of fused-ring (bicyclic) bond motifs is 4. The average molecular weight is 449 g/mol. The quantitative estimate of drug-likeness (QED) is 0.412. The first-order valence-corrected chi connectivity index (χ1v) is 11.7. The molecule has 0 spiro atoms. The van der Waals surface area contributed by atoms with Gasteiger partial charge in [-0.3, -0.25) is 9.88 Å². The standard InChI is InChI=1S/C27H29ClN2O2/c1-3-18-16-30-13-11-19(18)14-26(30)27(32-17-20-6-4-5-7-24(20)28)22-10-12-29-25-9-8-21(31-2)15-23(22)25/h3-10,12,15,18-19,26-27H,1,11,13-14,16-17H2,2H3/t18-,19?,26-,27+/m0/s1. The molecule has 4 heterocycles. The summed E-state index contributed by atoms with van der Waals surface area (Å²) in [6.07, 6.45) is 6.28. The van der Waals surface area contributed by atoms with Crippen LogP contribution in [0.25, 0.3) is 10.9 Å². The topological polar surface area (TPSA) is 34.6 Å². The van der Waals surface area contributed by atoms with Gasteiger partial charge in [0, 0.05) is 29.2 Å². The second kappa shape index (κ2) is 9.22. The summed E-state index contributed by atoms with van der Waals surface area (Å²) in [6, 6.07) is 16.4. The minimum absolute atomic E-state index is 0.0857. The van der Waals surface area contributed by atoms with Gasteiger partial charge in [0.05, 0.1) is 25.3 Å². The third-order valence-electron chi connectivity index (χ3n) is 7.17. The normalized spacial score (nSPS) is 25.6. The zero-order valence-corrected chi connectivity index (χ0v) is 19.2. The van der Waals surface area contributed by atoms with E-state index in [1.54, 1.807) is 7.11 Å². The van der Waals surface area contributed by atoms with Gasteiger partial charge in [-0.1, -0.05) is 35.9 Å². The highest BCUT2D eigenvalue weighted by Crippen LogP contribution is 2.44. The van der Waals surface area contributed by atoms with Gasteiger partial charge in [0.15, 0.2) is 0 Å². The van der Waals surface area contributed by atoms with Crippen LogP contribution in [0.15, 0.2) is 67.4 Å². The van der Waals surface area contributed by atoms with Crippen LogP contribution in [-0.2, 0) is 11.3 Å². The number of hydrogen-bond acceptors (Lipinski definition) is 4. The van der Waals surface area contributed by atoms with E-state index >= 15 is 0 Å². The van der Waals surface area contributed by atoms with Gasteiger partial charge in [-0.15, -0.1) is 6.58 Å². The molecule has 3 fully saturated rings. The lowest BCUT2D eigenvalue weighted by Crippen LogP contribution is -2.55. The summed E-state index contributed by atoms with van der Waals surface area (Å²) in [7, 11) is 1.70. The van der Waals surface area contributed by atoms with Crippen molar-refractivity contribution in [2.75, 3.05) is 20.2 Å². The van der Waals surface area contributed by atoms with Gasteiger partial charge in [-0.05, 0) is 72.7 Å². The molecule has 5 heteroatoms. The lowest BCUT2D eigenvalue weighted by molar-refractivity contribution is -0.0803. The Balaban J connectivity index is 1.54. The van der Waals surface area contributed by atoms with Crippen molar-refractivity contribution >= 4 is 22.5 Å². The van der Waals surface area contributed by atoms with Crippen molar-refractivity contribution in [3.05, 3.63) is 83.5 Å². The Hall–Kier alpha value is -2.40. The number of rotatable bonds is 7. The minimum Gasteiger partial charge on any atom is -0.497 e. The van der Waals surface area contributed by atoms with E-state index in [4.69, 9.17) is 21.1 Å². The van der Waals surface area contributed by atoms with Crippen LogP contribution < -0.4 is 4.74 Å². The first-order chi connectivity index (χ1) is 15.7. The maximum atomic E-state index is 6.72.